The third-order valence-electron chi connectivity index (χ3n) is 2.45. The predicted octanol–water partition coefficient (Wildman–Crippen LogP) is 3.42. The first kappa shape index (κ1) is 13.0. The third kappa shape index (κ3) is 4.04. The van der Waals surface area contributed by atoms with Crippen molar-refractivity contribution in [2.24, 2.45) is 0 Å². The molecule has 0 aliphatic rings. The van der Waals surface area contributed by atoms with E-state index in [1.165, 1.54) is 12.1 Å². The van der Waals surface area contributed by atoms with Crippen LogP contribution < -0.4 is 9.47 Å². The van der Waals surface area contributed by atoms with Gasteiger partial charge in [-0.1, -0.05) is 24.1 Å². The molecule has 3 heteroatoms. The highest BCUT2D eigenvalue weighted by Gasteiger charge is 1.99. The van der Waals surface area contributed by atoms with E-state index in [1.54, 1.807) is 18.2 Å². The molecule has 0 atom stereocenters. The van der Waals surface area contributed by atoms with Gasteiger partial charge in [-0.05, 0) is 29.8 Å². The summed E-state index contributed by atoms with van der Waals surface area (Å²) in [6.07, 6.45) is 5.12. The summed E-state index contributed by atoms with van der Waals surface area (Å²) in [4.78, 5) is 0. The van der Waals surface area contributed by atoms with E-state index in [0.717, 1.165) is 5.56 Å². The smallest absolute Gasteiger partial charge is 0.148 e. The Morgan fingerprint density at radius 3 is 2.37 bits per heavy atom. The van der Waals surface area contributed by atoms with Gasteiger partial charge in [0.15, 0.2) is 0 Å². The van der Waals surface area contributed by atoms with E-state index in [-0.39, 0.29) is 12.4 Å². The number of ether oxygens (including phenoxy) is 2. The second-order valence-electron chi connectivity index (χ2n) is 3.88. The fourth-order valence-corrected chi connectivity index (χ4v) is 1.53. The van der Waals surface area contributed by atoms with Crippen molar-refractivity contribution in [3.8, 4) is 23.8 Å². The van der Waals surface area contributed by atoms with Crippen LogP contribution in [-0.4, -0.2) is 6.61 Å². The molecule has 0 saturated carbocycles. The van der Waals surface area contributed by atoms with E-state index in [9.17, 15) is 4.39 Å². The van der Waals surface area contributed by atoms with Gasteiger partial charge in [0.1, 0.15) is 30.5 Å². The Bertz CT molecular complexity index is 570. The predicted molar refractivity (Wildman–Crippen MR) is 71.5 cm³/mol. The lowest BCUT2D eigenvalue weighted by atomic mass is 10.2. The van der Waals surface area contributed by atoms with Crippen molar-refractivity contribution in [2.45, 2.75) is 6.61 Å². The van der Waals surface area contributed by atoms with Crippen molar-refractivity contribution in [1.82, 2.24) is 0 Å². The first-order chi connectivity index (χ1) is 9.28. The Kier molecular flexibility index (Phi) is 4.41. The van der Waals surface area contributed by atoms with Gasteiger partial charge in [-0.3, -0.25) is 0 Å². The summed E-state index contributed by atoms with van der Waals surface area (Å²) in [5, 5.41) is 0. The molecule has 0 N–H and O–H groups in total. The van der Waals surface area contributed by atoms with E-state index in [4.69, 9.17) is 15.9 Å². The Morgan fingerprint density at radius 2 is 1.68 bits per heavy atom. The summed E-state index contributed by atoms with van der Waals surface area (Å²) >= 11 is 0. The maximum absolute atomic E-state index is 12.7. The summed E-state index contributed by atoms with van der Waals surface area (Å²) in [5.74, 6) is 3.49. The molecule has 0 aromatic heterocycles. The molecule has 0 saturated heterocycles. The van der Waals surface area contributed by atoms with Crippen molar-refractivity contribution in [3.63, 3.8) is 0 Å². The molecule has 0 fully saturated rings. The fraction of sp³-hybridized carbons (Fsp3) is 0.125. The number of terminal acetylenes is 1. The van der Waals surface area contributed by atoms with Crippen LogP contribution in [0.5, 0.6) is 11.5 Å². The van der Waals surface area contributed by atoms with Crippen LogP contribution >= 0.6 is 0 Å². The third-order valence-corrected chi connectivity index (χ3v) is 2.45. The molecule has 0 amide bonds. The van der Waals surface area contributed by atoms with Gasteiger partial charge in [0.05, 0.1) is 0 Å². The Morgan fingerprint density at radius 1 is 1.00 bits per heavy atom. The van der Waals surface area contributed by atoms with Crippen molar-refractivity contribution in [3.05, 3.63) is 59.9 Å². The van der Waals surface area contributed by atoms with Crippen LogP contribution in [0.2, 0.25) is 0 Å². The van der Waals surface area contributed by atoms with Crippen LogP contribution in [0.15, 0.2) is 48.5 Å². The standard InChI is InChI=1S/C16H13FO2/c1-2-10-18-15-4-3-5-16(11-15)19-12-13-6-8-14(17)9-7-13/h1,3-9,11H,10,12H2. The van der Waals surface area contributed by atoms with Crippen molar-refractivity contribution in [1.29, 1.82) is 0 Å². The van der Waals surface area contributed by atoms with Crippen molar-refractivity contribution >= 4 is 0 Å². The first-order valence-electron chi connectivity index (χ1n) is 5.81. The minimum absolute atomic E-state index is 0.224. The maximum atomic E-state index is 12.7. The van der Waals surface area contributed by atoms with E-state index < -0.39 is 0 Å². The molecule has 0 unspecified atom stereocenters. The molecule has 0 bridgehead atoms. The topological polar surface area (TPSA) is 18.5 Å². The normalized spacial score (nSPS) is 9.68. The summed E-state index contributed by atoms with van der Waals surface area (Å²) in [6, 6.07) is 13.4. The highest BCUT2D eigenvalue weighted by atomic mass is 19.1. The molecule has 96 valence electrons. The minimum atomic E-state index is -0.256. The zero-order valence-electron chi connectivity index (χ0n) is 10.3. The molecule has 2 rings (SSSR count). The van der Waals surface area contributed by atoms with Gasteiger partial charge >= 0.3 is 0 Å². The number of rotatable bonds is 5. The molecular weight excluding hydrogens is 243 g/mol. The lowest BCUT2D eigenvalue weighted by Crippen LogP contribution is -1.97. The van der Waals surface area contributed by atoms with Crippen molar-refractivity contribution < 1.29 is 13.9 Å². The van der Waals surface area contributed by atoms with Gasteiger partial charge in [-0.25, -0.2) is 4.39 Å². The largest absolute Gasteiger partial charge is 0.489 e. The molecule has 2 aromatic rings. The first-order valence-corrected chi connectivity index (χ1v) is 5.81. The molecule has 0 spiro atoms. The van der Waals surface area contributed by atoms with Gasteiger partial charge < -0.3 is 9.47 Å². The maximum Gasteiger partial charge on any atom is 0.148 e. The Labute approximate surface area is 111 Å². The highest BCUT2D eigenvalue weighted by Crippen LogP contribution is 2.20. The number of hydrogen-bond donors (Lipinski definition) is 0. The van der Waals surface area contributed by atoms with Gasteiger partial charge in [-0.2, -0.15) is 0 Å². The SMILES string of the molecule is C#CCOc1cccc(OCc2ccc(F)cc2)c1. The van der Waals surface area contributed by atoms with Crippen molar-refractivity contribution in [2.75, 3.05) is 6.61 Å². The van der Waals surface area contributed by atoms with Crippen LogP contribution in [0.25, 0.3) is 0 Å². The van der Waals surface area contributed by atoms with E-state index in [1.807, 2.05) is 18.2 Å². The molecule has 2 nitrogen and oxygen atoms in total. The average molecular weight is 256 g/mol. The molecule has 0 heterocycles. The summed E-state index contributed by atoms with van der Waals surface area (Å²) < 4.78 is 23.6. The monoisotopic (exact) mass is 256 g/mol. The van der Waals surface area contributed by atoms with E-state index in [2.05, 4.69) is 5.92 Å². The lowest BCUT2D eigenvalue weighted by Gasteiger charge is -2.08. The lowest BCUT2D eigenvalue weighted by molar-refractivity contribution is 0.302. The number of benzene rings is 2. The second-order valence-corrected chi connectivity index (χ2v) is 3.88. The minimum Gasteiger partial charge on any atom is -0.489 e. The fourth-order valence-electron chi connectivity index (χ4n) is 1.53. The molecule has 0 radical (unpaired) electrons. The van der Waals surface area contributed by atoms with Crippen LogP contribution in [-0.2, 0) is 6.61 Å². The number of hydrogen-bond acceptors (Lipinski definition) is 2. The van der Waals surface area contributed by atoms with E-state index >= 15 is 0 Å². The zero-order chi connectivity index (χ0) is 13.5. The quantitative estimate of drug-likeness (QED) is 0.763. The zero-order valence-corrected chi connectivity index (χ0v) is 10.3. The van der Waals surface area contributed by atoms with Gasteiger partial charge in [0.2, 0.25) is 0 Å². The number of halogens is 1. The Hall–Kier alpha value is -2.47. The highest BCUT2D eigenvalue weighted by molar-refractivity contribution is 5.33. The van der Waals surface area contributed by atoms with Gasteiger partial charge in [-0.15, -0.1) is 6.42 Å². The van der Waals surface area contributed by atoms with Gasteiger partial charge in [0, 0.05) is 6.07 Å². The molecule has 0 aliphatic heterocycles. The average Bonchev–Trinajstić information content (AvgIpc) is 2.45. The summed E-state index contributed by atoms with van der Waals surface area (Å²) in [5.41, 5.74) is 0.899. The Balaban J connectivity index is 1.95. The van der Waals surface area contributed by atoms with E-state index in [0.29, 0.717) is 18.1 Å². The molecule has 19 heavy (non-hydrogen) atoms. The van der Waals surface area contributed by atoms with Gasteiger partial charge in [0.25, 0.3) is 0 Å². The van der Waals surface area contributed by atoms with Crippen LogP contribution in [0.1, 0.15) is 5.56 Å². The summed E-state index contributed by atoms with van der Waals surface area (Å²) in [7, 11) is 0. The summed E-state index contributed by atoms with van der Waals surface area (Å²) in [6.45, 7) is 0.598. The van der Waals surface area contributed by atoms with Crippen LogP contribution in [0, 0.1) is 18.2 Å². The molecular formula is C16H13FO2. The molecule has 2 aromatic carbocycles. The van der Waals surface area contributed by atoms with Crippen LogP contribution in [0.3, 0.4) is 0 Å². The molecule has 0 aliphatic carbocycles. The van der Waals surface area contributed by atoms with Crippen LogP contribution in [0.4, 0.5) is 4.39 Å². The second kappa shape index (κ2) is 6.46.